The molecular formula is C48H83N17O12. The molecule has 0 spiro atoms. The molecule has 77 heavy (non-hydrogen) atoms. The highest BCUT2D eigenvalue weighted by atomic mass is 16.4. The molecule has 0 fully saturated rings. The molecule has 0 aliphatic heterocycles. The molecule has 0 saturated heterocycles. The summed E-state index contributed by atoms with van der Waals surface area (Å²) in [7, 11) is 0. The van der Waals surface area contributed by atoms with Gasteiger partial charge in [-0.15, -0.1) is 0 Å². The number of hydrogen-bond acceptors (Lipinski definition) is 15. The molecule has 24 N–H and O–H groups in total. The van der Waals surface area contributed by atoms with E-state index in [1.165, 1.54) is 0 Å². The Bertz CT molecular complexity index is 2100. The number of carbonyl (C=O) groups is 10. The Labute approximate surface area is 448 Å². The van der Waals surface area contributed by atoms with Crippen LogP contribution in [0.25, 0.3) is 0 Å². The molecule has 1 rings (SSSR count). The SMILES string of the molecule is CC(C)C[C@H](NC(=O)[C@H](Cc1ccccc1)NC(=O)CNC(=O)[C@H](CCCCN)NC(=O)[C@H](CCC(=O)O)NC(=O)[C@H](CCCNC(=N)N)NC(=O)[C@@H](N)CCCNC(=N)N)C(=O)NCC(=O)N[C@@H](CCCCN)C(=O)O. The van der Waals surface area contributed by atoms with Gasteiger partial charge in [0.1, 0.15) is 36.3 Å². The average Bonchev–Trinajstić information content (AvgIpc) is 3.36. The van der Waals surface area contributed by atoms with Crippen LogP contribution in [0.5, 0.6) is 0 Å². The Morgan fingerprint density at radius 2 is 0.935 bits per heavy atom. The summed E-state index contributed by atoms with van der Waals surface area (Å²) in [6.45, 7) is 3.20. The maximum absolute atomic E-state index is 14.0. The lowest BCUT2D eigenvalue weighted by atomic mass is 10.0. The lowest BCUT2D eigenvalue weighted by Gasteiger charge is -2.26. The van der Waals surface area contributed by atoms with Crippen LogP contribution in [0.4, 0.5) is 0 Å². The highest BCUT2D eigenvalue weighted by Gasteiger charge is 2.32. The third-order valence-corrected chi connectivity index (χ3v) is 11.5. The molecule has 7 atom stereocenters. The zero-order valence-electron chi connectivity index (χ0n) is 44.0. The van der Waals surface area contributed by atoms with Gasteiger partial charge in [-0.3, -0.25) is 54.0 Å². The zero-order valence-corrected chi connectivity index (χ0v) is 44.0. The van der Waals surface area contributed by atoms with Gasteiger partial charge < -0.3 is 92.0 Å². The van der Waals surface area contributed by atoms with Gasteiger partial charge in [-0.05, 0) is 102 Å². The first-order valence-corrected chi connectivity index (χ1v) is 25.6. The van der Waals surface area contributed by atoms with Crippen molar-refractivity contribution < 1.29 is 58.2 Å². The number of carbonyl (C=O) groups excluding carboxylic acids is 8. The molecule has 0 heterocycles. The standard InChI is InChI=1S/C48H83N17O12/c1-28(2)24-35(42(72)59-26-37(66)60-34(46(76)77)16-7-9-21-50)65-45(75)36(25-29-12-4-3-5-13-29)61-38(67)27-58-41(71)31(15-6-8-20-49)63-44(74)33(18-19-39(68)69)64-43(73)32(17-11-23-57-48(54)55)62-40(70)30(51)14-10-22-56-47(52)53/h3-5,12-13,28,30-36H,6-11,14-27,49-51H2,1-2H3,(H,58,71)(H,59,72)(H,60,66)(H,61,67)(H,62,70)(H,63,74)(H,64,73)(H,65,75)(H,68,69)(H,76,77)(H4,52,53,56)(H4,54,55,57)/t30-,31-,32-,33-,34-,35-,36-/m0/s1. The summed E-state index contributed by atoms with van der Waals surface area (Å²) in [5, 5.41) is 59.0. The fraction of sp³-hybridized carbons (Fsp3) is 0.625. The number of guanidine groups is 2. The van der Waals surface area contributed by atoms with E-state index in [2.05, 4.69) is 53.2 Å². The topological polar surface area (TPSA) is 509 Å². The summed E-state index contributed by atoms with van der Waals surface area (Å²) in [4.78, 5) is 132. The van der Waals surface area contributed by atoms with E-state index in [4.69, 9.17) is 39.5 Å². The number of hydrogen-bond donors (Lipinski definition) is 19. The third-order valence-electron chi connectivity index (χ3n) is 11.5. The van der Waals surface area contributed by atoms with Crippen LogP contribution in [-0.2, 0) is 54.4 Å². The number of nitrogens with two attached hydrogens (primary N) is 5. The maximum Gasteiger partial charge on any atom is 0.326 e. The van der Waals surface area contributed by atoms with Gasteiger partial charge in [0.2, 0.25) is 47.3 Å². The van der Waals surface area contributed by atoms with Gasteiger partial charge in [-0.2, -0.15) is 0 Å². The summed E-state index contributed by atoms with van der Waals surface area (Å²) >= 11 is 0. The van der Waals surface area contributed by atoms with Crippen LogP contribution in [-0.4, -0.2) is 163 Å². The summed E-state index contributed by atoms with van der Waals surface area (Å²) in [5.41, 5.74) is 28.5. The normalized spacial score (nSPS) is 13.6. The van der Waals surface area contributed by atoms with Crippen LogP contribution in [0, 0.1) is 16.7 Å². The van der Waals surface area contributed by atoms with Crippen molar-refractivity contribution in [1.29, 1.82) is 10.8 Å². The van der Waals surface area contributed by atoms with E-state index in [0.29, 0.717) is 44.2 Å². The minimum Gasteiger partial charge on any atom is -0.481 e. The molecule has 8 amide bonds. The lowest BCUT2D eigenvalue weighted by Crippen LogP contribution is -2.58. The van der Waals surface area contributed by atoms with Gasteiger partial charge in [0, 0.05) is 25.9 Å². The highest BCUT2D eigenvalue weighted by molar-refractivity contribution is 5.97. The molecule has 0 unspecified atom stereocenters. The van der Waals surface area contributed by atoms with Gasteiger partial charge in [0.15, 0.2) is 11.9 Å². The van der Waals surface area contributed by atoms with Crippen molar-refractivity contribution in [3.63, 3.8) is 0 Å². The third kappa shape index (κ3) is 30.5. The summed E-state index contributed by atoms with van der Waals surface area (Å²) in [6.07, 6.45) is 1.39. The Balaban J connectivity index is 3.30. The molecule has 0 radical (unpaired) electrons. The number of unbranched alkanes of at least 4 members (excludes halogenated alkanes) is 2. The van der Waals surface area contributed by atoms with E-state index < -0.39 is 127 Å². The second-order valence-electron chi connectivity index (χ2n) is 18.7. The van der Waals surface area contributed by atoms with E-state index in [0.717, 1.165) is 0 Å². The molecule has 0 aromatic heterocycles. The molecule has 1 aromatic carbocycles. The van der Waals surface area contributed by atoms with Crippen molar-refractivity contribution in [1.82, 2.24) is 53.2 Å². The van der Waals surface area contributed by atoms with Crippen molar-refractivity contribution in [2.24, 2.45) is 34.6 Å². The average molecular weight is 1090 g/mol. The zero-order chi connectivity index (χ0) is 57.9. The van der Waals surface area contributed by atoms with E-state index in [9.17, 15) is 58.2 Å². The van der Waals surface area contributed by atoms with Crippen LogP contribution in [0.15, 0.2) is 30.3 Å². The molecule has 0 bridgehead atoms. The minimum atomic E-state index is -1.57. The Morgan fingerprint density at radius 3 is 1.43 bits per heavy atom. The van der Waals surface area contributed by atoms with Crippen molar-refractivity contribution in [3.05, 3.63) is 35.9 Å². The highest BCUT2D eigenvalue weighted by Crippen LogP contribution is 2.10. The molecule has 1 aromatic rings. The maximum atomic E-state index is 14.0. The summed E-state index contributed by atoms with van der Waals surface area (Å²) in [6, 6.07) is -0.517. The van der Waals surface area contributed by atoms with Crippen LogP contribution in [0.3, 0.4) is 0 Å². The predicted molar refractivity (Wildman–Crippen MR) is 284 cm³/mol. The smallest absolute Gasteiger partial charge is 0.326 e. The van der Waals surface area contributed by atoms with Gasteiger partial charge in [-0.1, -0.05) is 44.2 Å². The first kappa shape index (κ1) is 67.4. The number of aliphatic carboxylic acids is 2. The van der Waals surface area contributed by atoms with Gasteiger partial charge in [0.25, 0.3) is 0 Å². The predicted octanol–water partition coefficient (Wildman–Crippen LogP) is -4.52. The van der Waals surface area contributed by atoms with Crippen molar-refractivity contribution >= 4 is 71.1 Å². The van der Waals surface area contributed by atoms with Gasteiger partial charge >= 0.3 is 11.9 Å². The van der Waals surface area contributed by atoms with Crippen molar-refractivity contribution in [2.75, 3.05) is 39.3 Å². The first-order valence-electron chi connectivity index (χ1n) is 25.6. The van der Waals surface area contributed by atoms with Gasteiger partial charge in [0.05, 0.1) is 19.1 Å². The van der Waals surface area contributed by atoms with Crippen LogP contribution >= 0.6 is 0 Å². The Hall–Kier alpha value is -7.66. The molecule has 29 nitrogen and oxygen atoms in total. The molecule has 0 aliphatic carbocycles. The number of carboxylic acid groups (broad SMARTS) is 2. The monoisotopic (exact) mass is 1090 g/mol. The van der Waals surface area contributed by atoms with E-state index in [1.807, 2.05) is 0 Å². The lowest BCUT2D eigenvalue weighted by molar-refractivity contribution is -0.142. The summed E-state index contributed by atoms with van der Waals surface area (Å²) < 4.78 is 0. The second-order valence-corrected chi connectivity index (χ2v) is 18.7. The number of carboxylic acids is 2. The largest absolute Gasteiger partial charge is 0.481 e. The van der Waals surface area contributed by atoms with Gasteiger partial charge in [-0.25, -0.2) is 4.79 Å². The van der Waals surface area contributed by atoms with E-state index in [-0.39, 0.29) is 82.4 Å². The quantitative estimate of drug-likeness (QED) is 0.0167. The fourth-order valence-corrected chi connectivity index (χ4v) is 7.45. The molecule has 432 valence electrons. The minimum absolute atomic E-state index is 0.0212. The summed E-state index contributed by atoms with van der Waals surface area (Å²) in [5.74, 6) is -9.97. The number of amides is 8. The Morgan fingerprint density at radius 1 is 0.506 bits per heavy atom. The molecule has 0 aliphatic rings. The Kier molecular flexibility index (Phi) is 33.2. The second kappa shape index (κ2) is 38.0. The van der Waals surface area contributed by atoms with E-state index in [1.54, 1.807) is 44.2 Å². The van der Waals surface area contributed by atoms with Crippen LogP contribution in [0.2, 0.25) is 0 Å². The fourth-order valence-electron chi connectivity index (χ4n) is 7.45. The molecular weight excluding hydrogens is 1010 g/mol. The molecule has 29 heteroatoms. The number of benzene rings is 1. The van der Waals surface area contributed by atoms with E-state index >= 15 is 0 Å². The molecule has 0 saturated carbocycles. The van der Waals surface area contributed by atoms with Crippen LogP contribution < -0.4 is 81.8 Å². The van der Waals surface area contributed by atoms with Crippen molar-refractivity contribution in [3.8, 4) is 0 Å². The van der Waals surface area contributed by atoms with Crippen LogP contribution in [0.1, 0.15) is 103 Å². The number of rotatable bonds is 40. The van der Waals surface area contributed by atoms with Crippen molar-refractivity contribution in [2.45, 2.75) is 146 Å². The first-order chi connectivity index (χ1) is 36.5. The number of nitrogens with one attached hydrogen (secondary N) is 12.